The topological polar surface area (TPSA) is 89.0 Å². The van der Waals surface area contributed by atoms with Crippen LogP contribution in [-0.2, 0) is 18.8 Å². The Balaban J connectivity index is 3.10. The molecule has 1 aliphatic rings. The van der Waals surface area contributed by atoms with Crippen molar-refractivity contribution in [3.05, 3.63) is 17.7 Å². The first kappa shape index (κ1) is 17.5. The molecular formula is C14H22N2O4Si. The molecule has 0 saturated heterocycles. The predicted octanol–water partition coefficient (Wildman–Crippen LogP) is 1.98. The Labute approximate surface area is 125 Å². The number of Topliss-reactive ketones (excluding diaryl/α,β-unsaturated/α-hetero) is 1. The highest BCUT2D eigenvalue weighted by atomic mass is 28.4. The van der Waals surface area contributed by atoms with Gasteiger partial charge in [-0.2, -0.15) is 4.79 Å². The molecule has 0 amide bonds. The molecule has 0 aromatic heterocycles. The smallest absolute Gasteiger partial charge is 0.441 e. The molecule has 0 aromatic carbocycles. The number of carbonyl (C=O) groups excluding carboxylic acids is 2. The van der Waals surface area contributed by atoms with E-state index in [9.17, 15) is 9.59 Å². The van der Waals surface area contributed by atoms with E-state index >= 15 is 0 Å². The van der Waals surface area contributed by atoms with Crippen molar-refractivity contribution in [1.29, 1.82) is 0 Å². The van der Waals surface area contributed by atoms with E-state index in [1.54, 1.807) is 6.92 Å². The summed E-state index contributed by atoms with van der Waals surface area (Å²) in [6.45, 7) is 7.81. The molecule has 0 radical (unpaired) electrons. The fourth-order valence-electron chi connectivity index (χ4n) is 2.49. The first-order valence-electron chi connectivity index (χ1n) is 6.89. The Morgan fingerprint density at radius 3 is 2.38 bits per heavy atom. The molecule has 0 aromatic rings. The predicted molar refractivity (Wildman–Crippen MR) is 80.3 cm³/mol. The zero-order chi connectivity index (χ0) is 16.3. The molecule has 0 spiro atoms. The van der Waals surface area contributed by atoms with Crippen molar-refractivity contribution in [2.75, 3.05) is 7.11 Å². The molecule has 0 aliphatic heterocycles. The maximum absolute atomic E-state index is 12.5. The summed E-state index contributed by atoms with van der Waals surface area (Å²) in [7, 11) is -0.772. The summed E-state index contributed by atoms with van der Waals surface area (Å²) in [4.78, 5) is 26.8. The maximum atomic E-state index is 12.5. The summed E-state index contributed by atoms with van der Waals surface area (Å²) in [5, 5.41) is 0. The molecule has 0 unspecified atom stereocenters. The van der Waals surface area contributed by atoms with Crippen LogP contribution in [0.4, 0.5) is 0 Å². The van der Waals surface area contributed by atoms with Crippen molar-refractivity contribution in [1.82, 2.24) is 0 Å². The first-order chi connectivity index (χ1) is 9.67. The highest BCUT2D eigenvalue weighted by molar-refractivity contribution is 6.70. The molecule has 6 nitrogen and oxygen atoms in total. The van der Waals surface area contributed by atoms with E-state index < -0.39 is 37.3 Å². The Hall–Kier alpha value is -1.56. The number of ether oxygens (including phenoxy) is 1. The van der Waals surface area contributed by atoms with Gasteiger partial charge in [0.05, 0.1) is 18.6 Å². The first-order valence-corrected chi connectivity index (χ1v) is 10.3. The number of ketones is 1. The van der Waals surface area contributed by atoms with E-state index in [1.807, 2.05) is 31.8 Å². The quantitative estimate of drug-likeness (QED) is 0.143. The van der Waals surface area contributed by atoms with E-state index in [0.29, 0.717) is 6.42 Å². The highest BCUT2D eigenvalue weighted by Gasteiger charge is 2.48. The van der Waals surface area contributed by atoms with Gasteiger partial charge >= 0.3 is 11.7 Å². The third kappa shape index (κ3) is 3.97. The number of rotatable bonds is 6. The molecule has 0 N–H and O–H groups in total. The largest absolute Gasteiger partial charge is 0.460 e. The van der Waals surface area contributed by atoms with Gasteiger partial charge in [-0.15, -0.1) is 0 Å². The number of allylic oxidation sites excluding steroid dienone is 1. The molecule has 1 aliphatic carbocycles. The Kier molecular flexibility index (Phi) is 5.39. The third-order valence-electron chi connectivity index (χ3n) is 3.44. The normalized spacial score (nSPS) is 22.5. The van der Waals surface area contributed by atoms with Crippen molar-refractivity contribution in [2.24, 2.45) is 5.92 Å². The van der Waals surface area contributed by atoms with E-state index in [-0.39, 0.29) is 0 Å². The molecule has 21 heavy (non-hydrogen) atoms. The van der Waals surface area contributed by atoms with Gasteiger partial charge in [0.15, 0.2) is 8.32 Å². The second-order valence-corrected chi connectivity index (χ2v) is 10.6. The van der Waals surface area contributed by atoms with E-state index in [2.05, 4.69) is 9.53 Å². The van der Waals surface area contributed by atoms with Gasteiger partial charge in [-0.05, 0) is 32.5 Å². The molecule has 0 bridgehead atoms. The molecule has 116 valence electrons. The van der Waals surface area contributed by atoms with Gasteiger partial charge in [-0.3, -0.25) is 4.79 Å². The molecule has 7 heteroatoms. The van der Waals surface area contributed by atoms with Gasteiger partial charge < -0.3 is 14.7 Å². The molecule has 0 saturated carbocycles. The Morgan fingerprint density at radius 1 is 1.38 bits per heavy atom. The van der Waals surface area contributed by atoms with Gasteiger partial charge in [-0.25, -0.2) is 4.79 Å². The van der Waals surface area contributed by atoms with Crippen LogP contribution < -0.4 is 0 Å². The SMILES string of the molecule is COC(=O)C(=[N+]=[N-])C(=O)[C@@H](C)[C@@]1(O[Si](C)(C)C)C=CCC1. The van der Waals surface area contributed by atoms with E-state index in [1.165, 1.54) is 0 Å². The fourth-order valence-corrected chi connectivity index (χ4v) is 3.98. The summed E-state index contributed by atoms with van der Waals surface area (Å²) >= 11 is 0. The van der Waals surface area contributed by atoms with Gasteiger partial charge in [0.25, 0.3) is 5.78 Å². The number of esters is 1. The lowest BCUT2D eigenvalue weighted by Gasteiger charge is -2.38. The minimum Gasteiger partial charge on any atom is -0.460 e. The molecule has 0 fully saturated rings. The molecular weight excluding hydrogens is 288 g/mol. The van der Waals surface area contributed by atoms with Gasteiger partial charge in [0.1, 0.15) is 0 Å². The van der Waals surface area contributed by atoms with Crippen LogP contribution in [-0.4, -0.2) is 43.3 Å². The third-order valence-corrected chi connectivity index (χ3v) is 4.43. The van der Waals surface area contributed by atoms with E-state index in [0.717, 1.165) is 13.5 Å². The summed E-state index contributed by atoms with van der Waals surface area (Å²) in [6.07, 6.45) is 5.34. The summed E-state index contributed by atoms with van der Waals surface area (Å²) in [5.74, 6) is -2.15. The zero-order valence-electron chi connectivity index (χ0n) is 13.2. The van der Waals surface area contributed by atoms with Crippen LogP contribution in [0.5, 0.6) is 0 Å². The van der Waals surface area contributed by atoms with Gasteiger partial charge in [-0.1, -0.05) is 19.1 Å². The number of methoxy groups -OCH3 is 1. The average Bonchev–Trinajstić information content (AvgIpc) is 2.85. The van der Waals surface area contributed by atoms with Crippen molar-refractivity contribution in [3.63, 3.8) is 0 Å². The monoisotopic (exact) mass is 310 g/mol. The molecule has 0 heterocycles. The minimum atomic E-state index is -1.91. The van der Waals surface area contributed by atoms with Crippen molar-refractivity contribution in [2.45, 2.75) is 45.0 Å². The fraction of sp³-hybridized carbons (Fsp3) is 0.643. The lowest BCUT2D eigenvalue weighted by Crippen LogP contribution is -2.49. The zero-order valence-corrected chi connectivity index (χ0v) is 14.2. The van der Waals surface area contributed by atoms with Crippen LogP contribution in [0.3, 0.4) is 0 Å². The van der Waals surface area contributed by atoms with Gasteiger partial charge in [0.2, 0.25) is 0 Å². The highest BCUT2D eigenvalue weighted by Crippen LogP contribution is 2.37. The van der Waals surface area contributed by atoms with Crippen molar-refractivity contribution >= 4 is 25.8 Å². The Bertz CT molecular complexity index is 518. The lowest BCUT2D eigenvalue weighted by atomic mass is 9.83. The number of hydrogen-bond acceptors (Lipinski definition) is 4. The van der Waals surface area contributed by atoms with Crippen molar-refractivity contribution < 1.29 is 23.5 Å². The Morgan fingerprint density at radius 2 is 2.00 bits per heavy atom. The summed E-state index contributed by atoms with van der Waals surface area (Å²) in [5.41, 5.74) is 7.58. The summed E-state index contributed by atoms with van der Waals surface area (Å²) < 4.78 is 10.7. The number of nitrogens with zero attached hydrogens (tertiary/aromatic N) is 2. The molecule has 2 atom stereocenters. The number of carbonyl (C=O) groups is 2. The maximum Gasteiger partial charge on any atom is 0.441 e. The van der Waals surface area contributed by atoms with E-state index in [4.69, 9.17) is 9.96 Å². The van der Waals surface area contributed by atoms with Gasteiger partial charge in [0, 0.05) is 0 Å². The minimum absolute atomic E-state index is 0.575. The number of hydrogen-bond donors (Lipinski definition) is 0. The van der Waals surface area contributed by atoms with Crippen LogP contribution >= 0.6 is 0 Å². The lowest BCUT2D eigenvalue weighted by molar-refractivity contribution is -0.141. The van der Waals surface area contributed by atoms with Crippen LogP contribution in [0.15, 0.2) is 12.2 Å². The summed E-state index contributed by atoms with van der Waals surface area (Å²) in [6, 6.07) is 0. The van der Waals surface area contributed by atoms with Crippen LogP contribution in [0.25, 0.3) is 5.53 Å². The average molecular weight is 310 g/mol. The van der Waals surface area contributed by atoms with Crippen molar-refractivity contribution in [3.8, 4) is 0 Å². The van der Waals surface area contributed by atoms with Crippen LogP contribution in [0, 0.1) is 5.92 Å². The second kappa shape index (κ2) is 6.47. The van der Waals surface area contributed by atoms with Crippen LogP contribution in [0.2, 0.25) is 19.6 Å². The standard InChI is InChI=1S/C14H22N2O4Si/c1-10(12(17)11(16-15)13(18)19-2)14(8-6-7-9-14)20-21(3,4)5/h6,8,10H,7,9H2,1-5H3/t10-,14-/m1/s1. The van der Waals surface area contributed by atoms with Crippen LogP contribution in [0.1, 0.15) is 19.8 Å². The molecule has 1 rings (SSSR count). The second-order valence-electron chi connectivity index (χ2n) is 6.14.